The first-order chi connectivity index (χ1) is 12.7. The van der Waals surface area contributed by atoms with E-state index in [1.165, 1.54) is 44.2 Å². The molecule has 10 heteroatoms. The lowest BCUT2D eigenvalue weighted by Crippen LogP contribution is -2.54. The van der Waals surface area contributed by atoms with Crippen LogP contribution in [0.3, 0.4) is 0 Å². The summed E-state index contributed by atoms with van der Waals surface area (Å²) in [5.74, 6) is -1.32. The van der Waals surface area contributed by atoms with Gasteiger partial charge in [-0.1, -0.05) is 6.08 Å². The zero-order chi connectivity index (χ0) is 20.5. The summed E-state index contributed by atoms with van der Waals surface area (Å²) in [5, 5.41) is 10.4. The monoisotopic (exact) mass is 408 g/mol. The maximum Gasteiger partial charge on any atom is 0.265 e. The molecule has 0 unspecified atom stereocenters. The van der Waals surface area contributed by atoms with Crippen molar-refractivity contribution in [1.82, 2.24) is 18.9 Å². The molecule has 2 rings (SSSR count). The largest absolute Gasteiger partial charge is 0.494 e. The van der Waals surface area contributed by atoms with Gasteiger partial charge in [-0.25, -0.2) is 0 Å². The van der Waals surface area contributed by atoms with Crippen LogP contribution in [0.2, 0.25) is 0 Å². The second-order valence-corrected chi connectivity index (χ2v) is 6.49. The summed E-state index contributed by atoms with van der Waals surface area (Å²) >= 11 is 10.2. The van der Waals surface area contributed by atoms with Crippen molar-refractivity contribution in [3.63, 3.8) is 0 Å². The molecular formula is C17H20N4O4S2. The third-order valence-electron chi connectivity index (χ3n) is 4.24. The van der Waals surface area contributed by atoms with Crippen molar-refractivity contribution in [2.45, 2.75) is 20.4 Å². The molecule has 0 spiro atoms. The number of hydrogen-bond donors (Lipinski definition) is 1. The molecule has 2 amide bonds. The van der Waals surface area contributed by atoms with Gasteiger partial charge in [0.1, 0.15) is 11.1 Å². The first kappa shape index (κ1) is 20.7. The van der Waals surface area contributed by atoms with Crippen LogP contribution in [0.5, 0.6) is 5.88 Å². The predicted molar refractivity (Wildman–Crippen MR) is 108 cm³/mol. The Morgan fingerprint density at radius 1 is 1.04 bits per heavy atom. The van der Waals surface area contributed by atoms with Crippen molar-refractivity contribution < 1.29 is 14.7 Å². The predicted octanol–water partition coefficient (Wildman–Crippen LogP) is 1.19. The van der Waals surface area contributed by atoms with Crippen LogP contribution in [0.15, 0.2) is 22.5 Å². The lowest BCUT2D eigenvalue weighted by Gasteiger charge is -2.33. The van der Waals surface area contributed by atoms with Crippen molar-refractivity contribution >= 4 is 47.4 Å². The van der Waals surface area contributed by atoms with Crippen molar-refractivity contribution in [3.8, 4) is 5.88 Å². The van der Waals surface area contributed by atoms with E-state index >= 15 is 0 Å². The van der Waals surface area contributed by atoms with Gasteiger partial charge in [-0.3, -0.25) is 33.3 Å². The molecule has 1 aliphatic heterocycles. The lowest BCUT2D eigenvalue weighted by molar-refractivity contribution is -0.133. The molecule has 1 aromatic rings. The number of aromatic nitrogens is 2. The molecule has 27 heavy (non-hydrogen) atoms. The van der Waals surface area contributed by atoms with Gasteiger partial charge >= 0.3 is 0 Å². The number of likely N-dealkylation sites (N-methyl/N-ethyl adjacent to an activating group) is 2. The Labute approximate surface area is 166 Å². The van der Waals surface area contributed by atoms with E-state index in [0.29, 0.717) is 13.1 Å². The number of carbonyl (C=O) groups excluding carboxylic acids is 2. The fraction of sp³-hybridized carbons (Fsp3) is 0.353. The molecule has 1 aromatic heterocycles. The van der Waals surface area contributed by atoms with Crippen LogP contribution in [-0.4, -0.2) is 54.6 Å². The molecular weight excluding hydrogens is 388 g/mol. The van der Waals surface area contributed by atoms with E-state index in [-0.39, 0.29) is 26.9 Å². The fourth-order valence-corrected chi connectivity index (χ4v) is 3.23. The Morgan fingerprint density at radius 2 is 1.67 bits per heavy atom. The van der Waals surface area contributed by atoms with E-state index in [1.807, 2.05) is 0 Å². The number of thiocarbonyl (C=S) groups is 1. The van der Waals surface area contributed by atoms with Gasteiger partial charge in [0.2, 0.25) is 5.88 Å². The van der Waals surface area contributed by atoms with E-state index in [0.717, 1.165) is 0 Å². The molecule has 0 saturated carbocycles. The zero-order valence-corrected chi connectivity index (χ0v) is 17.1. The third kappa shape index (κ3) is 3.50. The average molecular weight is 409 g/mol. The smallest absolute Gasteiger partial charge is 0.265 e. The van der Waals surface area contributed by atoms with E-state index in [1.54, 1.807) is 20.9 Å². The van der Waals surface area contributed by atoms with Gasteiger partial charge in [-0.15, -0.1) is 0 Å². The lowest BCUT2D eigenvalue weighted by atomic mass is 10.1. The summed E-state index contributed by atoms with van der Waals surface area (Å²) < 4.78 is 2.85. The maximum atomic E-state index is 12.5. The van der Waals surface area contributed by atoms with Crippen LogP contribution in [0, 0.1) is 4.77 Å². The van der Waals surface area contributed by atoms with Gasteiger partial charge in [-0.05, 0) is 50.4 Å². The molecule has 0 aliphatic carbocycles. The number of amides is 2. The molecule has 1 fully saturated rings. The van der Waals surface area contributed by atoms with E-state index in [4.69, 9.17) is 24.4 Å². The summed E-state index contributed by atoms with van der Waals surface area (Å²) in [5.41, 5.74) is -0.525. The minimum Gasteiger partial charge on any atom is -0.494 e. The van der Waals surface area contributed by atoms with Crippen molar-refractivity contribution in [1.29, 1.82) is 0 Å². The summed E-state index contributed by atoms with van der Waals surface area (Å²) in [6.07, 6.45) is 4.03. The van der Waals surface area contributed by atoms with Crippen LogP contribution >= 0.6 is 24.4 Å². The Hall–Kier alpha value is -2.59. The van der Waals surface area contributed by atoms with Crippen molar-refractivity contribution in [2.24, 2.45) is 7.05 Å². The van der Waals surface area contributed by atoms with Crippen molar-refractivity contribution in [3.05, 3.63) is 38.4 Å². The normalized spacial score (nSPS) is 16.9. The number of aromatic hydroxyl groups is 1. The Morgan fingerprint density at radius 3 is 2.22 bits per heavy atom. The topological polar surface area (TPSA) is 87.8 Å². The minimum absolute atomic E-state index is 0.0109. The standard InChI is InChI=1S/C17H20N4O4S2/c1-5-20-14(24)10(12(22)18(3)16(20)26)8-7-9-11-13(23)19(4)17(27)21(6-2)15(11)25/h7-9,22H,5-6H2,1-4H3/b8-7+,11-9-. The number of allylic oxidation sites excluding steroid dienone is 2. The Bertz CT molecular complexity index is 1000. The van der Waals surface area contributed by atoms with Crippen LogP contribution < -0.4 is 5.56 Å². The molecule has 8 nitrogen and oxygen atoms in total. The molecule has 0 bridgehead atoms. The van der Waals surface area contributed by atoms with Gasteiger partial charge in [-0.2, -0.15) is 0 Å². The fourth-order valence-electron chi connectivity index (χ4n) is 2.64. The highest BCUT2D eigenvalue weighted by atomic mass is 32.1. The molecule has 0 radical (unpaired) electrons. The SMILES string of the molecule is CCN1C(=O)/C(=C\C=C\c2c(O)n(C)c(=S)n(CC)c2=O)C(=O)N(C)C1=S. The van der Waals surface area contributed by atoms with E-state index in [9.17, 15) is 19.5 Å². The highest BCUT2D eigenvalue weighted by molar-refractivity contribution is 7.80. The highest BCUT2D eigenvalue weighted by Crippen LogP contribution is 2.18. The molecule has 2 heterocycles. The Kier molecular flexibility index (Phi) is 6.11. The first-order valence-corrected chi connectivity index (χ1v) is 9.03. The summed E-state index contributed by atoms with van der Waals surface area (Å²) in [6.45, 7) is 4.19. The summed E-state index contributed by atoms with van der Waals surface area (Å²) in [6, 6.07) is 0. The third-order valence-corrected chi connectivity index (χ3v) is 5.23. The van der Waals surface area contributed by atoms with Crippen LogP contribution in [0.25, 0.3) is 6.08 Å². The first-order valence-electron chi connectivity index (χ1n) is 8.22. The van der Waals surface area contributed by atoms with Gasteiger partial charge in [0, 0.05) is 27.2 Å². The highest BCUT2D eigenvalue weighted by Gasteiger charge is 2.36. The van der Waals surface area contributed by atoms with Crippen LogP contribution in [0.4, 0.5) is 0 Å². The number of nitrogens with zero attached hydrogens (tertiary/aromatic N) is 4. The summed E-state index contributed by atoms with van der Waals surface area (Å²) in [7, 11) is 3.04. The molecule has 144 valence electrons. The average Bonchev–Trinajstić information content (AvgIpc) is 2.64. The van der Waals surface area contributed by atoms with E-state index in [2.05, 4.69) is 0 Å². The van der Waals surface area contributed by atoms with E-state index < -0.39 is 17.4 Å². The minimum atomic E-state index is -0.527. The molecule has 1 saturated heterocycles. The van der Waals surface area contributed by atoms with Gasteiger partial charge in [0.05, 0.1) is 0 Å². The molecule has 1 N–H and O–H groups in total. The second-order valence-electron chi connectivity index (χ2n) is 5.76. The zero-order valence-electron chi connectivity index (χ0n) is 15.4. The maximum absolute atomic E-state index is 12.5. The number of rotatable bonds is 4. The van der Waals surface area contributed by atoms with Crippen LogP contribution in [-0.2, 0) is 23.2 Å². The van der Waals surface area contributed by atoms with Gasteiger partial charge in [0.25, 0.3) is 17.4 Å². The van der Waals surface area contributed by atoms with Crippen molar-refractivity contribution in [2.75, 3.05) is 13.6 Å². The summed E-state index contributed by atoms with van der Waals surface area (Å²) in [4.78, 5) is 39.8. The Balaban J connectivity index is 2.50. The number of carbonyl (C=O) groups is 2. The number of hydrogen-bond acceptors (Lipinski definition) is 6. The molecule has 0 aromatic carbocycles. The van der Waals surface area contributed by atoms with Gasteiger partial charge < -0.3 is 5.11 Å². The second kappa shape index (κ2) is 7.97. The van der Waals surface area contributed by atoms with Crippen LogP contribution in [0.1, 0.15) is 19.4 Å². The molecule has 0 atom stereocenters. The molecule has 1 aliphatic rings. The quantitative estimate of drug-likeness (QED) is 0.457. The van der Waals surface area contributed by atoms with Gasteiger partial charge in [0.15, 0.2) is 9.88 Å².